The zero-order valence-corrected chi connectivity index (χ0v) is 11.1. The van der Waals surface area contributed by atoms with Crippen LogP contribution < -0.4 is 0 Å². The van der Waals surface area contributed by atoms with Crippen LogP contribution in [0, 0.1) is 0 Å². The molecule has 1 aromatic rings. The highest BCUT2D eigenvalue weighted by Crippen LogP contribution is 2.31. The number of hydrogen-bond acceptors (Lipinski definition) is 4. The standard InChI is InChI=1S/C11H13F3N4O3/c1-2-17(6-3-4-6)7(19)5-18-9(11(12,13)14)8(10(20)21)15-16-18/h6H,2-5H2,1H3,(H,20,21). The molecule has 1 aromatic heterocycles. The van der Waals surface area contributed by atoms with E-state index < -0.39 is 36.0 Å². The maximum absolute atomic E-state index is 12.9. The summed E-state index contributed by atoms with van der Waals surface area (Å²) < 4.78 is 39.1. The molecule has 0 aliphatic heterocycles. The predicted octanol–water partition coefficient (Wildman–Crippen LogP) is 1.01. The molecule has 116 valence electrons. The minimum atomic E-state index is -4.95. The van der Waals surface area contributed by atoms with Gasteiger partial charge in [-0.3, -0.25) is 4.79 Å². The molecule has 0 radical (unpaired) electrons. The van der Waals surface area contributed by atoms with Crippen molar-refractivity contribution in [1.29, 1.82) is 0 Å². The van der Waals surface area contributed by atoms with Crippen LogP contribution >= 0.6 is 0 Å². The predicted molar refractivity (Wildman–Crippen MR) is 62.4 cm³/mol. The smallest absolute Gasteiger partial charge is 0.435 e. The van der Waals surface area contributed by atoms with Crippen molar-refractivity contribution in [3.05, 3.63) is 11.4 Å². The van der Waals surface area contributed by atoms with Crippen LogP contribution in [0.15, 0.2) is 0 Å². The van der Waals surface area contributed by atoms with E-state index >= 15 is 0 Å². The molecule has 2 rings (SSSR count). The second kappa shape index (κ2) is 5.34. The van der Waals surface area contributed by atoms with Crippen molar-refractivity contribution in [3.63, 3.8) is 0 Å². The third-order valence-electron chi connectivity index (χ3n) is 3.14. The second-order valence-corrected chi connectivity index (χ2v) is 4.66. The molecule has 1 heterocycles. The first kappa shape index (κ1) is 15.3. The molecule has 0 atom stereocenters. The number of hydrogen-bond donors (Lipinski definition) is 1. The van der Waals surface area contributed by atoms with Crippen molar-refractivity contribution in [2.24, 2.45) is 0 Å². The third-order valence-corrected chi connectivity index (χ3v) is 3.14. The van der Waals surface area contributed by atoms with Crippen molar-refractivity contribution in [2.45, 2.75) is 38.5 Å². The van der Waals surface area contributed by atoms with Crippen LogP contribution in [-0.4, -0.2) is 49.5 Å². The summed E-state index contributed by atoms with van der Waals surface area (Å²) in [4.78, 5) is 24.2. The van der Waals surface area contributed by atoms with Gasteiger partial charge in [-0.25, -0.2) is 9.48 Å². The molecule has 0 bridgehead atoms. The maximum atomic E-state index is 12.9. The van der Waals surface area contributed by atoms with E-state index in [1.165, 1.54) is 4.90 Å². The average Bonchev–Trinajstić information content (AvgIpc) is 3.08. The molecule has 1 saturated carbocycles. The van der Waals surface area contributed by atoms with Gasteiger partial charge in [0.2, 0.25) is 11.6 Å². The molecule has 7 nitrogen and oxygen atoms in total. The van der Waals surface area contributed by atoms with Crippen molar-refractivity contribution < 1.29 is 27.9 Å². The van der Waals surface area contributed by atoms with Crippen molar-refractivity contribution in [1.82, 2.24) is 19.9 Å². The number of amides is 1. The van der Waals surface area contributed by atoms with Crippen LogP contribution in [0.1, 0.15) is 35.9 Å². The minimum absolute atomic E-state index is 0.0549. The number of likely N-dealkylation sites (N-methyl/N-ethyl adjacent to an activating group) is 1. The molecule has 1 aliphatic rings. The lowest BCUT2D eigenvalue weighted by Crippen LogP contribution is -2.36. The zero-order chi connectivity index (χ0) is 15.8. The Labute approximate surface area is 117 Å². The van der Waals surface area contributed by atoms with Crippen LogP contribution in [0.25, 0.3) is 0 Å². The van der Waals surface area contributed by atoms with Crippen molar-refractivity contribution >= 4 is 11.9 Å². The zero-order valence-electron chi connectivity index (χ0n) is 11.1. The third kappa shape index (κ3) is 3.14. The monoisotopic (exact) mass is 306 g/mol. The maximum Gasteiger partial charge on any atom is 0.435 e. The van der Waals surface area contributed by atoms with Gasteiger partial charge in [0.05, 0.1) is 0 Å². The quantitative estimate of drug-likeness (QED) is 0.877. The number of carboxylic acids is 1. The average molecular weight is 306 g/mol. The van der Waals surface area contributed by atoms with Gasteiger partial charge in [-0.05, 0) is 19.8 Å². The molecule has 0 unspecified atom stereocenters. The number of nitrogens with zero attached hydrogens (tertiary/aromatic N) is 4. The lowest BCUT2D eigenvalue weighted by Gasteiger charge is -2.20. The largest absolute Gasteiger partial charge is 0.476 e. The molecule has 0 spiro atoms. The van der Waals surface area contributed by atoms with Crippen molar-refractivity contribution in [2.75, 3.05) is 6.54 Å². The number of aromatic nitrogens is 3. The first-order chi connectivity index (χ1) is 9.75. The molecule has 21 heavy (non-hydrogen) atoms. The molecule has 0 aromatic carbocycles. The number of aromatic carboxylic acids is 1. The highest BCUT2D eigenvalue weighted by atomic mass is 19.4. The Morgan fingerprint density at radius 3 is 2.48 bits per heavy atom. The molecule has 1 fully saturated rings. The van der Waals surface area contributed by atoms with Crippen LogP contribution in [0.5, 0.6) is 0 Å². The molecule has 1 aliphatic carbocycles. The van der Waals surface area contributed by atoms with Gasteiger partial charge >= 0.3 is 12.1 Å². The summed E-state index contributed by atoms with van der Waals surface area (Å²) in [6.07, 6.45) is -3.30. The highest BCUT2D eigenvalue weighted by molar-refractivity contribution is 5.87. The highest BCUT2D eigenvalue weighted by Gasteiger charge is 2.42. The van der Waals surface area contributed by atoms with Crippen LogP contribution in [0.4, 0.5) is 13.2 Å². The van der Waals surface area contributed by atoms with E-state index in [2.05, 4.69) is 10.3 Å². The second-order valence-electron chi connectivity index (χ2n) is 4.66. The number of carbonyl (C=O) groups is 2. The summed E-state index contributed by atoms with van der Waals surface area (Å²) in [7, 11) is 0. The molecule has 0 saturated heterocycles. The van der Waals surface area contributed by atoms with Gasteiger partial charge in [0.25, 0.3) is 0 Å². The van der Waals surface area contributed by atoms with E-state index in [4.69, 9.17) is 5.11 Å². The van der Waals surface area contributed by atoms with Crippen molar-refractivity contribution in [3.8, 4) is 0 Å². The molecule has 10 heteroatoms. The SMILES string of the molecule is CCN(C(=O)Cn1nnc(C(=O)O)c1C(F)(F)F)C1CC1. The minimum Gasteiger partial charge on any atom is -0.476 e. The van der Waals surface area contributed by atoms with Crippen LogP contribution in [-0.2, 0) is 17.5 Å². The summed E-state index contributed by atoms with van der Waals surface area (Å²) in [5, 5.41) is 14.9. The normalized spacial score (nSPS) is 15.0. The fourth-order valence-electron chi connectivity index (χ4n) is 2.09. The summed E-state index contributed by atoms with van der Waals surface area (Å²) >= 11 is 0. The Hall–Kier alpha value is -2.13. The Morgan fingerprint density at radius 1 is 1.43 bits per heavy atom. The molecule has 1 amide bonds. The lowest BCUT2D eigenvalue weighted by molar-refractivity contribution is -0.146. The summed E-state index contributed by atoms with van der Waals surface area (Å²) in [5.41, 5.74) is -2.72. The van der Waals surface area contributed by atoms with E-state index in [1.807, 2.05) is 0 Å². The van der Waals surface area contributed by atoms with Gasteiger partial charge in [-0.2, -0.15) is 13.2 Å². The Kier molecular flexibility index (Phi) is 3.88. The van der Waals surface area contributed by atoms with Crippen LogP contribution in [0.3, 0.4) is 0 Å². The first-order valence-electron chi connectivity index (χ1n) is 6.29. The van der Waals surface area contributed by atoms with E-state index in [0.29, 0.717) is 11.2 Å². The number of alkyl halides is 3. The molecular formula is C11H13F3N4O3. The van der Waals surface area contributed by atoms with Crippen LogP contribution in [0.2, 0.25) is 0 Å². The Morgan fingerprint density at radius 2 is 2.05 bits per heavy atom. The number of carboxylic acid groups (broad SMARTS) is 1. The number of carbonyl (C=O) groups excluding carboxylic acids is 1. The van der Waals surface area contributed by atoms with Gasteiger partial charge < -0.3 is 10.0 Å². The fraction of sp³-hybridized carbons (Fsp3) is 0.636. The summed E-state index contributed by atoms with van der Waals surface area (Å²) in [6.45, 7) is 1.43. The van der Waals surface area contributed by atoms with E-state index in [1.54, 1.807) is 6.92 Å². The van der Waals surface area contributed by atoms with Gasteiger partial charge in [-0.15, -0.1) is 5.10 Å². The van der Waals surface area contributed by atoms with Gasteiger partial charge in [0.1, 0.15) is 6.54 Å². The van der Waals surface area contributed by atoms with E-state index in [0.717, 1.165) is 12.8 Å². The van der Waals surface area contributed by atoms with Gasteiger partial charge in [0.15, 0.2) is 5.69 Å². The molecule has 1 N–H and O–H groups in total. The topological polar surface area (TPSA) is 88.3 Å². The fourth-order valence-corrected chi connectivity index (χ4v) is 2.09. The number of rotatable bonds is 5. The van der Waals surface area contributed by atoms with E-state index in [-0.39, 0.29) is 6.04 Å². The van der Waals surface area contributed by atoms with Gasteiger partial charge in [-0.1, -0.05) is 5.21 Å². The molecular weight excluding hydrogens is 293 g/mol. The first-order valence-corrected chi connectivity index (χ1v) is 6.29. The summed E-state index contributed by atoms with van der Waals surface area (Å²) in [6, 6.07) is 0.0549. The van der Waals surface area contributed by atoms with Gasteiger partial charge in [0, 0.05) is 12.6 Å². The summed E-state index contributed by atoms with van der Waals surface area (Å²) in [5.74, 6) is -2.37. The number of halogens is 3. The Balaban J connectivity index is 2.27. The Bertz CT molecular complexity index is 566. The van der Waals surface area contributed by atoms with E-state index in [9.17, 15) is 22.8 Å². The lowest BCUT2D eigenvalue weighted by atomic mass is 10.3.